The summed E-state index contributed by atoms with van der Waals surface area (Å²) in [4.78, 5) is 12.2. The molecule has 0 saturated heterocycles. The molecule has 0 aliphatic carbocycles. The summed E-state index contributed by atoms with van der Waals surface area (Å²) in [5.74, 6) is -2.82. The summed E-state index contributed by atoms with van der Waals surface area (Å²) >= 11 is 0. The fourth-order valence-corrected chi connectivity index (χ4v) is 2.83. The molecule has 0 radical (unpaired) electrons. The first kappa shape index (κ1) is 23.0. The normalized spacial score (nSPS) is 11.6. The van der Waals surface area contributed by atoms with E-state index in [1.54, 1.807) is 12.1 Å². The first-order chi connectivity index (χ1) is 15.2. The van der Waals surface area contributed by atoms with Crippen molar-refractivity contribution >= 4 is 12.0 Å². The van der Waals surface area contributed by atoms with Crippen LogP contribution in [0.3, 0.4) is 0 Å². The standard InChI is InChI=1S/C24H17F5O3/c1-2-31-18-7-3-15(4-8-18)16-5-9-19(10-6-16)32-23(30)17-13-21(25)20(22(26)14-17)11-12-24(27,28)29/h3-14H,2H2,1H3. The molecule has 8 heteroatoms. The minimum atomic E-state index is -4.73. The average molecular weight is 448 g/mol. The van der Waals surface area contributed by atoms with Crippen molar-refractivity contribution in [3.05, 3.63) is 89.5 Å². The van der Waals surface area contributed by atoms with Gasteiger partial charge in [-0.1, -0.05) is 24.3 Å². The van der Waals surface area contributed by atoms with Crippen LogP contribution < -0.4 is 9.47 Å². The topological polar surface area (TPSA) is 35.5 Å². The highest BCUT2D eigenvalue weighted by molar-refractivity contribution is 5.91. The predicted molar refractivity (Wildman–Crippen MR) is 109 cm³/mol. The van der Waals surface area contributed by atoms with E-state index < -0.39 is 34.9 Å². The highest BCUT2D eigenvalue weighted by Crippen LogP contribution is 2.26. The molecule has 0 bridgehead atoms. The molecular formula is C24H17F5O3. The van der Waals surface area contributed by atoms with E-state index in [0.717, 1.165) is 16.9 Å². The Morgan fingerprint density at radius 3 is 1.84 bits per heavy atom. The number of hydrogen-bond donors (Lipinski definition) is 0. The first-order valence-electron chi connectivity index (χ1n) is 9.47. The van der Waals surface area contributed by atoms with Crippen molar-refractivity contribution in [2.75, 3.05) is 6.61 Å². The van der Waals surface area contributed by atoms with Gasteiger partial charge in [-0.25, -0.2) is 13.6 Å². The van der Waals surface area contributed by atoms with Gasteiger partial charge in [-0.05, 0) is 60.5 Å². The number of halogens is 5. The van der Waals surface area contributed by atoms with Gasteiger partial charge in [0.2, 0.25) is 0 Å². The Bertz CT molecular complexity index is 1090. The molecular weight excluding hydrogens is 431 g/mol. The third-order valence-electron chi connectivity index (χ3n) is 4.32. The number of benzene rings is 3. The summed E-state index contributed by atoms with van der Waals surface area (Å²) in [5, 5.41) is 0. The summed E-state index contributed by atoms with van der Waals surface area (Å²) in [7, 11) is 0. The number of carbonyl (C=O) groups excluding carboxylic acids is 1. The maximum absolute atomic E-state index is 14.0. The van der Waals surface area contributed by atoms with E-state index in [-0.39, 0.29) is 17.9 Å². The minimum absolute atomic E-state index is 0.131. The van der Waals surface area contributed by atoms with Gasteiger partial charge in [0.25, 0.3) is 0 Å². The minimum Gasteiger partial charge on any atom is -0.494 e. The Hall–Kier alpha value is -3.68. The number of allylic oxidation sites excluding steroid dienone is 1. The molecule has 166 valence electrons. The number of alkyl halides is 3. The van der Waals surface area contributed by atoms with Crippen LogP contribution in [0.4, 0.5) is 22.0 Å². The Labute approximate surface area is 180 Å². The van der Waals surface area contributed by atoms with Crippen LogP contribution >= 0.6 is 0 Å². The maximum atomic E-state index is 14.0. The van der Waals surface area contributed by atoms with Crippen LogP contribution in [0.2, 0.25) is 0 Å². The molecule has 0 amide bonds. The summed E-state index contributed by atoms with van der Waals surface area (Å²) in [6.45, 7) is 2.44. The average Bonchev–Trinajstić information content (AvgIpc) is 2.73. The smallest absolute Gasteiger partial charge is 0.409 e. The van der Waals surface area contributed by atoms with Gasteiger partial charge in [0.15, 0.2) is 0 Å². The molecule has 0 aliphatic rings. The van der Waals surface area contributed by atoms with Crippen LogP contribution in [0.25, 0.3) is 17.2 Å². The van der Waals surface area contributed by atoms with Gasteiger partial charge in [-0.15, -0.1) is 0 Å². The zero-order valence-corrected chi connectivity index (χ0v) is 16.7. The van der Waals surface area contributed by atoms with Gasteiger partial charge in [-0.2, -0.15) is 13.2 Å². The van der Waals surface area contributed by atoms with Gasteiger partial charge in [0.05, 0.1) is 12.2 Å². The fraction of sp³-hybridized carbons (Fsp3) is 0.125. The Kier molecular flexibility index (Phi) is 6.92. The van der Waals surface area contributed by atoms with E-state index in [9.17, 15) is 26.7 Å². The van der Waals surface area contributed by atoms with Crippen LogP contribution in [-0.2, 0) is 0 Å². The molecule has 0 aromatic heterocycles. The third-order valence-corrected chi connectivity index (χ3v) is 4.32. The van der Waals surface area contributed by atoms with E-state index in [1.165, 1.54) is 12.1 Å². The van der Waals surface area contributed by atoms with Crippen molar-refractivity contribution in [3.63, 3.8) is 0 Å². The molecule has 0 saturated carbocycles. The molecule has 3 aromatic rings. The molecule has 3 rings (SSSR count). The molecule has 0 heterocycles. The van der Waals surface area contributed by atoms with Crippen LogP contribution in [0, 0.1) is 11.6 Å². The summed E-state index contributed by atoms with van der Waals surface area (Å²) in [6, 6.07) is 15.0. The lowest BCUT2D eigenvalue weighted by molar-refractivity contribution is -0.0790. The zero-order chi connectivity index (χ0) is 23.3. The van der Waals surface area contributed by atoms with Crippen LogP contribution in [0.5, 0.6) is 11.5 Å². The van der Waals surface area contributed by atoms with E-state index in [1.807, 2.05) is 31.2 Å². The van der Waals surface area contributed by atoms with Gasteiger partial charge < -0.3 is 9.47 Å². The number of rotatable bonds is 6. The predicted octanol–water partition coefficient (Wildman–Crippen LogP) is 6.83. The largest absolute Gasteiger partial charge is 0.494 e. The van der Waals surface area contributed by atoms with Crippen LogP contribution in [0.1, 0.15) is 22.8 Å². The van der Waals surface area contributed by atoms with E-state index in [4.69, 9.17) is 9.47 Å². The number of ether oxygens (including phenoxy) is 2. The van der Waals surface area contributed by atoms with Crippen molar-refractivity contribution < 1.29 is 36.2 Å². The molecule has 0 spiro atoms. The van der Waals surface area contributed by atoms with Crippen molar-refractivity contribution in [2.45, 2.75) is 13.1 Å². The number of esters is 1. The molecule has 0 aliphatic heterocycles. The van der Waals surface area contributed by atoms with Crippen LogP contribution in [0.15, 0.2) is 66.7 Å². The van der Waals surface area contributed by atoms with Gasteiger partial charge in [-0.3, -0.25) is 0 Å². The first-order valence-corrected chi connectivity index (χ1v) is 9.47. The van der Waals surface area contributed by atoms with Gasteiger partial charge in [0, 0.05) is 11.6 Å². The highest BCUT2D eigenvalue weighted by atomic mass is 19.4. The molecule has 0 unspecified atom stereocenters. The molecule has 3 nitrogen and oxygen atoms in total. The lowest BCUT2D eigenvalue weighted by Gasteiger charge is -2.08. The second-order valence-electron chi connectivity index (χ2n) is 6.60. The maximum Gasteiger partial charge on any atom is 0.409 e. The lowest BCUT2D eigenvalue weighted by atomic mass is 10.1. The van der Waals surface area contributed by atoms with Gasteiger partial charge in [0.1, 0.15) is 23.1 Å². The Morgan fingerprint density at radius 1 is 0.875 bits per heavy atom. The molecule has 0 atom stereocenters. The summed E-state index contributed by atoms with van der Waals surface area (Å²) in [5.41, 5.74) is 0.363. The number of hydrogen-bond acceptors (Lipinski definition) is 3. The van der Waals surface area contributed by atoms with Crippen LogP contribution in [-0.4, -0.2) is 18.8 Å². The lowest BCUT2D eigenvalue weighted by Crippen LogP contribution is -2.10. The van der Waals surface area contributed by atoms with Crippen molar-refractivity contribution in [1.29, 1.82) is 0 Å². The molecule has 3 aromatic carbocycles. The SMILES string of the molecule is CCOc1ccc(-c2ccc(OC(=O)c3cc(F)c(C=CC(F)(F)F)c(F)c3)cc2)cc1. The molecule has 0 N–H and O–H groups in total. The summed E-state index contributed by atoms with van der Waals surface area (Å²) < 4.78 is 75.2. The second kappa shape index (κ2) is 9.64. The second-order valence-corrected chi connectivity index (χ2v) is 6.60. The monoisotopic (exact) mass is 448 g/mol. The van der Waals surface area contributed by atoms with E-state index in [0.29, 0.717) is 18.7 Å². The fourth-order valence-electron chi connectivity index (χ4n) is 2.83. The molecule has 32 heavy (non-hydrogen) atoms. The Balaban J connectivity index is 1.72. The number of carbonyl (C=O) groups is 1. The van der Waals surface area contributed by atoms with E-state index in [2.05, 4.69) is 0 Å². The molecule has 0 fully saturated rings. The van der Waals surface area contributed by atoms with Crippen molar-refractivity contribution in [2.24, 2.45) is 0 Å². The third kappa shape index (κ3) is 5.94. The quantitative estimate of drug-likeness (QED) is 0.236. The Morgan fingerprint density at radius 2 is 1.38 bits per heavy atom. The zero-order valence-electron chi connectivity index (χ0n) is 16.7. The summed E-state index contributed by atoms with van der Waals surface area (Å²) in [6.07, 6.45) is -4.76. The van der Waals surface area contributed by atoms with E-state index >= 15 is 0 Å². The van der Waals surface area contributed by atoms with Gasteiger partial charge >= 0.3 is 12.1 Å². The van der Waals surface area contributed by atoms with Crippen molar-refractivity contribution in [1.82, 2.24) is 0 Å². The van der Waals surface area contributed by atoms with Crippen molar-refractivity contribution in [3.8, 4) is 22.6 Å². The highest BCUT2D eigenvalue weighted by Gasteiger charge is 2.23.